The molecule has 0 fully saturated rings. The van der Waals surface area contributed by atoms with Crippen molar-refractivity contribution in [3.05, 3.63) is 65.8 Å². The van der Waals surface area contributed by atoms with Gasteiger partial charge in [0.15, 0.2) is 0 Å². The van der Waals surface area contributed by atoms with Gasteiger partial charge in [-0.15, -0.1) is 0 Å². The van der Waals surface area contributed by atoms with E-state index < -0.39 is 0 Å². The molecule has 2 nitrogen and oxygen atoms in total. The average Bonchev–Trinajstić information content (AvgIpc) is 2.90. The van der Waals surface area contributed by atoms with Crippen molar-refractivity contribution in [3.63, 3.8) is 0 Å². The summed E-state index contributed by atoms with van der Waals surface area (Å²) in [5.74, 6) is 0. The number of aromatic nitrogens is 2. The molecule has 2 aromatic carbocycles. The van der Waals surface area contributed by atoms with Crippen LogP contribution in [0.2, 0.25) is 5.02 Å². The smallest absolute Gasteiger partial charge is 0.0728 e. The fourth-order valence-corrected chi connectivity index (χ4v) is 2.09. The number of nitrogens with zero attached hydrogens (tertiary/aromatic N) is 1. The quantitative estimate of drug-likeness (QED) is 0.722. The first-order chi connectivity index (χ1) is 8.84. The van der Waals surface area contributed by atoms with E-state index in [9.17, 15) is 0 Å². The first kappa shape index (κ1) is 11.1. The minimum absolute atomic E-state index is 0.736. The molecular weight excluding hydrogens is 244 g/mol. The van der Waals surface area contributed by atoms with Crippen molar-refractivity contribution in [2.75, 3.05) is 0 Å². The maximum Gasteiger partial charge on any atom is 0.0728 e. The second-order valence-corrected chi connectivity index (χ2v) is 4.47. The van der Waals surface area contributed by atoms with Gasteiger partial charge in [-0.3, -0.25) is 5.10 Å². The lowest BCUT2D eigenvalue weighted by Crippen LogP contribution is -1.82. The molecule has 1 aromatic heterocycles. The lowest BCUT2D eigenvalue weighted by Gasteiger charge is -2.03. The van der Waals surface area contributed by atoms with Crippen LogP contribution in [0.25, 0.3) is 22.4 Å². The van der Waals surface area contributed by atoms with E-state index in [2.05, 4.69) is 22.3 Å². The van der Waals surface area contributed by atoms with Crippen LogP contribution in [0.15, 0.2) is 60.8 Å². The summed E-state index contributed by atoms with van der Waals surface area (Å²) < 4.78 is 0. The number of rotatable bonds is 2. The zero-order chi connectivity index (χ0) is 12.4. The van der Waals surface area contributed by atoms with E-state index in [-0.39, 0.29) is 0 Å². The van der Waals surface area contributed by atoms with Crippen LogP contribution in [0.4, 0.5) is 0 Å². The van der Waals surface area contributed by atoms with Crippen LogP contribution in [0.3, 0.4) is 0 Å². The van der Waals surface area contributed by atoms with E-state index in [4.69, 9.17) is 11.6 Å². The molecule has 0 unspecified atom stereocenters. The number of hydrogen-bond donors (Lipinski definition) is 1. The van der Waals surface area contributed by atoms with Crippen molar-refractivity contribution in [1.82, 2.24) is 10.2 Å². The summed E-state index contributed by atoms with van der Waals surface area (Å²) in [6.45, 7) is 0. The molecule has 1 heterocycles. The third-order valence-electron chi connectivity index (χ3n) is 2.86. The normalized spacial score (nSPS) is 10.5. The highest BCUT2D eigenvalue weighted by molar-refractivity contribution is 6.30. The van der Waals surface area contributed by atoms with Crippen LogP contribution in [-0.4, -0.2) is 10.2 Å². The van der Waals surface area contributed by atoms with Gasteiger partial charge in [-0.25, -0.2) is 0 Å². The van der Waals surface area contributed by atoms with Crippen molar-refractivity contribution >= 4 is 11.6 Å². The van der Waals surface area contributed by atoms with Gasteiger partial charge in [0.1, 0.15) is 0 Å². The molecule has 0 amide bonds. The molecule has 88 valence electrons. The van der Waals surface area contributed by atoms with Crippen LogP contribution in [0, 0.1) is 0 Å². The third kappa shape index (κ3) is 2.03. The van der Waals surface area contributed by atoms with E-state index in [1.807, 2.05) is 48.7 Å². The van der Waals surface area contributed by atoms with Crippen LogP contribution < -0.4 is 0 Å². The van der Waals surface area contributed by atoms with E-state index in [1.165, 1.54) is 0 Å². The minimum atomic E-state index is 0.736. The third-order valence-corrected chi connectivity index (χ3v) is 3.11. The Bertz CT molecular complexity index is 642. The topological polar surface area (TPSA) is 28.7 Å². The van der Waals surface area contributed by atoms with Gasteiger partial charge in [0, 0.05) is 16.1 Å². The Kier molecular flexibility index (Phi) is 2.87. The predicted molar refractivity (Wildman–Crippen MR) is 74.5 cm³/mol. The zero-order valence-corrected chi connectivity index (χ0v) is 10.4. The summed E-state index contributed by atoms with van der Waals surface area (Å²) in [5.41, 5.74) is 4.34. The maximum atomic E-state index is 5.90. The first-order valence-electron chi connectivity index (χ1n) is 5.69. The molecule has 0 aliphatic heterocycles. The van der Waals surface area contributed by atoms with Gasteiger partial charge in [0.25, 0.3) is 0 Å². The van der Waals surface area contributed by atoms with Gasteiger partial charge < -0.3 is 0 Å². The van der Waals surface area contributed by atoms with Gasteiger partial charge >= 0.3 is 0 Å². The van der Waals surface area contributed by atoms with Crippen molar-refractivity contribution in [3.8, 4) is 22.4 Å². The Labute approximate surface area is 110 Å². The average molecular weight is 255 g/mol. The monoisotopic (exact) mass is 254 g/mol. The van der Waals surface area contributed by atoms with Gasteiger partial charge in [-0.1, -0.05) is 54.1 Å². The molecule has 3 aromatic rings. The number of H-pyrrole nitrogens is 1. The SMILES string of the molecule is Clc1ccc(-c2[nH]ncc2-c2ccccc2)cc1. The molecule has 18 heavy (non-hydrogen) atoms. The van der Waals surface area contributed by atoms with Crippen LogP contribution >= 0.6 is 11.6 Å². The highest BCUT2D eigenvalue weighted by atomic mass is 35.5. The summed E-state index contributed by atoms with van der Waals surface area (Å²) >= 11 is 5.90. The maximum absolute atomic E-state index is 5.90. The predicted octanol–water partition coefficient (Wildman–Crippen LogP) is 4.40. The first-order valence-corrected chi connectivity index (χ1v) is 6.07. The summed E-state index contributed by atoms with van der Waals surface area (Å²) in [6, 6.07) is 17.9. The van der Waals surface area contributed by atoms with Crippen LogP contribution in [0.1, 0.15) is 0 Å². The van der Waals surface area contributed by atoms with Crippen LogP contribution in [-0.2, 0) is 0 Å². The molecule has 3 heteroatoms. The molecule has 0 aliphatic carbocycles. The molecule has 0 aliphatic rings. The Morgan fingerprint density at radius 1 is 0.833 bits per heavy atom. The van der Waals surface area contributed by atoms with E-state index in [0.29, 0.717) is 0 Å². The van der Waals surface area contributed by atoms with E-state index in [0.717, 1.165) is 27.4 Å². The second-order valence-electron chi connectivity index (χ2n) is 4.03. The molecule has 0 bridgehead atoms. The van der Waals surface area contributed by atoms with E-state index >= 15 is 0 Å². The van der Waals surface area contributed by atoms with Gasteiger partial charge in [0.05, 0.1) is 11.9 Å². The van der Waals surface area contributed by atoms with E-state index in [1.54, 1.807) is 0 Å². The number of halogens is 1. The molecule has 1 N–H and O–H groups in total. The molecule has 0 saturated heterocycles. The van der Waals surface area contributed by atoms with Gasteiger partial charge in [-0.05, 0) is 17.7 Å². The summed E-state index contributed by atoms with van der Waals surface area (Å²) in [5, 5.41) is 7.92. The summed E-state index contributed by atoms with van der Waals surface area (Å²) in [7, 11) is 0. The van der Waals surface area contributed by atoms with Crippen molar-refractivity contribution in [1.29, 1.82) is 0 Å². The summed E-state index contributed by atoms with van der Waals surface area (Å²) in [6.07, 6.45) is 1.85. The minimum Gasteiger partial charge on any atom is -0.277 e. The number of nitrogens with one attached hydrogen (secondary N) is 1. The fourth-order valence-electron chi connectivity index (χ4n) is 1.96. The Balaban J connectivity index is 2.10. The highest BCUT2D eigenvalue weighted by Crippen LogP contribution is 2.30. The van der Waals surface area contributed by atoms with Crippen molar-refractivity contribution in [2.45, 2.75) is 0 Å². The Hall–Kier alpha value is -2.06. The second kappa shape index (κ2) is 4.67. The van der Waals surface area contributed by atoms with Crippen molar-refractivity contribution in [2.24, 2.45) is 0 Å². The lowest BCUT2D eigenvalue weighted by atomic mass is 10.0. The molecule has 3 rings (SSSR count). The Morgan fingerprint density at radius 2 is 1.56 bits per heavy atom. The Morgan fingerprint density at radius 3 is 2.28 bits per heavy atom. The molecule has 0 radical (unpaired) electrons. The summed E-state index contributed by atoms with van der Waals surface area (Å²) in [4.78, 5) is 0. The number of aromatic amines is 1. The number of benzene rings is 2. The highest BCUT2D eigenvalue weighted by Gasteiger charge is 2.09. The zero-order valence-electron chi connectivity index (χ0n) is 9.60. The van der Waals surface area contributed by atoms with Crippen molar-refractivity contribution < 1.29 is 0 Å². The molecule has 0 atom stereocenters. The lowest BCUT2D eigenvalue weighted by molar-refractivity contribution is 1.10. The molecule has 0 spiro atoms. The number of hydrogen-bond acceptors (Lipinski definition) is 1. The van der Waals surface area contributed by atoms with Crippen LogP contribution in [0.5, 0.6) is 0 Å². The standard InChI is InChI=1S/C15H11ClN2/c16-13-8-6-12(7-9-13)15-14(10-17-18-15)11-4-2-1-3-5-11/h1-10H,(H,17,18). The molecule has 0 saturated carbocycles. The molecular formula is C15H11ClN2. The van der Waals surface area contributed by atoms with Gasteiger partial charge in [0.2, 0.25) is 0 Å². The largest absolute Gasteiger partial charge is 0.277 e. The van der Waals surface area contributed by atoms with Gasteiger partial charge in [-0.2, -0.15) is 5.10 Å². The fraction of sp³-hybridized carbons (Fsp3) is 0.